The van der Waals surface area contributed by atoms with Crippen molar-refractivity contribution >= 4 is 11.7 Å². The first-order valence-corrected chi connectivity index (χ1v) is 9.52. The molecular formula is C18H25N7O. The van der Waals surface area contributed by atoms with Crippen LogP contribution >= 0.6 is 0 Å². The van der Waals surface area contributed by atoms with Crippen LogP contribution < -0.4 is 4.90 Å². The van der Waals surface area contributed by atoms with Crippen LogP contribution in [0.4, 0.5) is 10.5 Å². The molecule has 0 saturated carbocycles. The molecule has 0 atom stereocenters. The number of likely N-dealkylation sites (N-methyl/N-ethyl adjacent to an activating group) is 1. The van der Waals surface area contributed by atoms with Crippen LogP contribution in [0.3, 0.4) is 0 Å². The summed E-state index contributed by atoms with van der Waals surface area (Å²) in [6.07, 6.45) is 7.51. The van der Waals surface area contributed by atoms with E-state index in [-0.39, 0.29) is 6.03 Å². The number of rotatable bonds is 4. The van der Waals surface area contributed by atoms with E-state index >= 15 is 0 Å². The number of nitrogens with zero attached hydrogens (tertiary/aromatic N) is 7. The lowest BCUT2D eigenvalue weighted by molar-refractivity contribution is 0.0893. The van der Waals surface area contributed by atoms with Crippen molar-refractivity contribution < 1.29 is 4.79 Å². The summed E-state index contributed by atoms with van der Waals surface area (Å²) < 4.78 is 4.19. The molecule has 0 bridgehead atoms. The molecule has 0 unspecified atom stereocenters. The van der Waals surface area contributed by atoms with Gasteiger partial charge in [-0.3, -0.25) is 19.2 Å². The molecule has 5 rings (SSSR count). The van der Waals surface area contributed by atoms with E-state index in [0.29, 0.717) is 6.04 Å². The number of carbonyl (C=O) groups is 1. The van der Waals surface area contributed by atoms with Gasteiger partial charge in [-0.15, -0.1) is 0 Å². The van der Waals surface area contributed by atoms with E-state index in [1.807, 2.05) is 24.1 Å². The lowest BCUT2D eigenvalue weighted by Crippen LogP contribution is -2.47. The summed E-state index contributed by atoms with van der Waals surface area (Å²) in [4.78, 5) is 18.1. The van der Waals surface area contributed by atoms with Gasteiger partial charge in [-0.05, 0) is 25.3 Å². The normalized spacial score (nSPS) is 21.3. The lowest BCUT2D eigenvalue weighted by Gasteiger charge is -2.38. The topological polar surface area (TPSA) is 62.4 Å². The monoisotopic (exact) mass is 355 g/mol. The highest BCUT2D eigenvalue weighted by Gasteiger charge is 2.32. The third kappa shape index (κ3) is 2.68. The largest absolute Gasteiger partial charge is 0.326 e. The summed E-state index contributed by atoms with van der Waals surface area (Å²) in [6, 6.07) is 2.72. The molecule has 8 nitrogen and oxygen atoms in total. The van der Waals surface area contributed by atoms with Crippen molar-refractivity contribution in [3.05, 3.63) is 29.8 Å². The molecule has 0 spiro atoms. The minimum Gasteiger partial charge on any atom is -0.326 e. The van der Waals surface area contributed by atoms with Crippen molar-refractivity contribution in [3.63, 3.8) is 0 Å². The zero-order valence-corrected chi connectivity index (χ0v) is 15.2. The average molecular weight is 355 g/mol. The predicted molar refractivity (Wildman–Crippen MR) is 97.1 cm³/mol. The number of urea groups is 1. The number of hydrogen-bond acceptors (Lipinski definition) is 4. The van der Waals surface area contributed by atoms with Gasteiger partial charge in [0.1, 0.15) is 0 Å². The van der Waals surface area contributed by atoms with Gasteiger partial charge in [0.05, 0.1) is 23.6 Å². The Hall–Kier alpha value is -2.35. The highest BCUT2D eigenvalue weighted by atomic mass is 16.2. The molecule has 8 heteroatoms. The minimum atomic E-state index is 0.0588. The predicted octanol–water partition coefficient (Wildman–Crippen LogP) is 1.34. The van der Waals surface area contributed by atoms with Gasteiger partial charge in [0, 0.05) is 58.2 Å². The fourth-order valence-electron chi connectivity index (χ4n) is 4.18. The Morgan fingerprint density at radius 1 is 1.19 bits per heavy atom. The van der Waals surface area contributed by atoms with Gasteiger partial charge in [0.2, 0.25) is 0 Å². The Balaban J connectivity index is 1.18. The third-order valence-electron chi connectivity index (χ3n) is 5.78. The van der Waals surface area contributed by atoms with E-state index in [0.717, 1.165) is 51.4 Å². The molecule has 5 heterocycles. The molecule has 0 aliphatic carbocycles. The number of aryl methyl sites for hydroxylation is 2. The second-order valence-corrected chi connectivity index (χ2v) is 7.69. The van der Waals surface area contributed by atoms with Gasteiger partial charge >= 0.3 is 6.03 Å². The fraction of sp³-hybridized carbons (Fsp3) is 0.611. The van der Waals surface area contributed by atoms with Crippen LogP contribution in [0.25, 0.3) is 0 Å². The molecule has 26 heavy (non-hydrogen) atoms. The SMILES string of the molecule is CN1CCN(c2cnn(C3CN(Cc4cc5n(n4)CCCC5)C3)c2)C1=O. The van der Waals surface area contributed by atoms with Crippen molar-refractivity contribution in [1.82, 2.24) is 29.4 Å². The molecule has 0 radical (unpaired) electrons. The first kappa shape index (κ1) is 15.9. The number of fused-ring (bicyclic) bond motifs is 1. The molecule has 2 saturated heterocycles. The summed E-state index contributed by atoms with van der Waals surface area (Å²) >= 11 is 0. The Labute approximate surface area is 153 Å². The van der Waals surface area contributed by atoms with Crippen molar-refractivity contribution in [1.29, 1.82) is 0 Å². The highest BCUT2D eigenvalue weighted by molar-refractivity contribution is 5.93. The van der Waals surface area contributed by atoms with Crippen LogP contribution in [-0.2, 0) is 19.5 Å². The molecule has 138 valence electrons. The zero-order chi connectivity index (χ0) is 17.7. The first-order valence-electron chi connectivity index (χ1n) is 9.52. The number of likely N-dealkylation sites (tertiary alicyclic amines) is 1. The van der Waals surface area contributed by atoms with Crippen LogP contribution in [0.15, 0.2) is 18.5 Å². The van der Waals surface area contributed by atoms with Crippen molar-refractivity contribution in [3.8, 4) is 0 Å². The van der Waals surface area contributed by atoms with Gasteiger partial charge in [0.15, 0.2) is 0 Å². The second-order valence-electron chi connectivity index (χ2n) is 7.69. The average Bonchev–Trinajstić information content (AvgIpc) is 3.30. The van der Waals surface area contributed by atoms with E-state index < -0.39 is 0 Å². The van der Waals surface area contributed by atoms with E-state index in [1.54, 1.807) is 9.80 Å². The quantitative estimate of drug-likeness (QED) is 0.830. The van der Waals surface area contributed by atoms with E-state index in [2.05, 4.69) is 20.7 Å². The van der Waals surface area contributed by atoms with Crippen molar-refractivity contribution in [2.75, 3.05) is 38.1 Å². The summed E-state index contributed by atoms with van der Waals surface area (Å²) in [6.45, 7) is 5.46. The maximum atomic E-state index is 12.1. The van der Waals surface area contributed by atoms with Crippen LogP contribution in [0.2, 0.25) is 0 Å². The van der Waals surface area contributed by atoms with E-state index in [1.165, 1.54) is 24.2 Å². The number of hydrogen-bond donors (Lipinski definition) is 0. The molecule has 0 aromatic carbocycles. The standard InChI is InChI=1S/C18H25N7O/c1-21-6-7-23(18(21)26)16-9-19-25(13-16)17-11-22(12-17)10-14-8-15-4-2-3-5-24(15)20-14/h8-9,13,17H,2-7,10-12H2,1H3. The van der Waals surface area contributed by atoms with Crippen LogP contribution in [0, 0.1) is 0 Å². The Morgan fingerprint density at radius 2 is 2.08 bits per heavy atom. The van der Waals surface area contributed by atoms with E-state index in [9.17, 15) is 4.79 Å². The second kappa shape index (κ2) is 6.12. The number of anilines is 1. The maximum absolute atomic E-state index is 12.1. The molecule has 3 aliphatic heterocycles. The van der Waals surface area contributed by atoms with Gasteiger partial charge < -0.3 is 4.90 Å². The van der Waals surface area contributed by atoms with Gasteiger partial charge in [-0.25, -0.2) is 4.79 Å². The number of amides is 2. The van der Waals surface area contributed by atoms with Gasteiger partial charge in [-0.1, -0.05) is 0 Å². The van der Waals surface area contributed by atoms with Crippen LogP contribution in [0.1, 0.15) is 30.3 Å². The molecule has 2 aromatic heterocycles. The van der Waals surface area contributed by atoms with E-state index in [4.69, 9.17) is 5.10 Å². The van der Waals surface area contributed by atoms with Crippen molar-refractivity contribution in [2.24, 2.45) is 0 Å². The van der Waals surface area contributed by atoms with Gasteiger partial charge in [-0.2, -0.15) is 10.2 Å². The Bertz CT molecular complexity index is 796. The van der Waals surface area contributed by atoms with Crippen molar-refractivity contribution in [2.45, 2.75) is 38.4 Å². The zero-order valence-electron chi connectivity index (χ0n) is 15.2. The Morgan fingerprint density at radius 3 is 2.85 bits per heavy atom. The van der Waals surface area contributed by atoms with Gasteiger partial charge in [0.25, 0.3) is 0 Å². The smallest absolute Gasteiger partial charge is 0.324 e. The third-order valence-corrected chi connectivity index (χ3v) is 5.78. The molecule has 2 fully saturated rings. The molecule has 3 aliphatic rings. The summed E-state index contributed by atoms with van der Waals surface area (Å²) in [5.74, 6) is 0. The van der Waals surface area contributed by atoms with Crippen LogP contribution in [0.5, 0.6) is 0 Å². The summed E-state index contributed by atoms with van der Waals surface area (Å²) in [5.41, 5.74) is 3.48. The lowest BCUT2D eigenvalue weighted by atomic mass is 10.1. The number of carbonyl (C=O) groups excluding carboxylic acids is 1. The minimum absolute atomic E-state index is 0.0588. The molecule has 2 aromatic rings. The summed E-state index contributed by atoms with van der Waals surface area (Å²) in [5, 5.41) is 9.24. The maximum Gasteiger partial charge on any atom is 0.324 e. The highest BCUT2D eigenvalue weighted by Crippen LogP contribution is 2.26. The first-order chi connectivity index (χ1) is 12.7. The molecule has 2 amide bonds. The number of aromatic nitrogens is 4. The molecule has 0 N–H and O–H groups in total. The Kier molecular flexibility index (Phi) is 3.74. The summed E-state index contributed by atoms with van der Waals surface area (Å²) in [7, 11) is 1.84. The van der Waals surface area contributed by atoms with Crippen LogP contribution in [-0.4, -0.2) is 68.6 Å². The fourth-order valence-corrected chi connectivity index (χ4v) is 4.18. The molecular weight excluding hydrogens is 330 g/mol.